The van der Waals surface area contributed by atoms with Crippen molar-refractivity contribution in [1.29, 1.82) is 0 Å². The van der Waals surface area contributed by atoms with Crippen LogP contribution in [0.25, 0.3) is 0 Å². The second-order valence-corrected chi connectivity index (χ2v) is 18.4. The van der Waals surface area contributed by atoms with Gasteiger partial charge in [-0.25, -0.2) is 0 Å². The minimum Gasteiger partial charge on any atom is -0.461 e. The molecule has 0 N–H and O–H groups in total. The van der Waals surface area contributed by atoms with Crippen LogP contribution in [0.2, 0.25) is 18.1 Å². The molecule has 1 heterocycles. The number of likely N-dealkylation sites (tertiary alicyclic amines) is 1. The summed E-state index contributed by atoms with van der Waals surface area (Å²) in [4.78, 5) is 2.35. The van der Waals surface area contributed by atoms with Gasteiger partial charge in [0.2, 0.25) is 10.2 Å². The first-order valence-electron chi connectivity index (χ1n) is 11.3. The Hall–Kier alpha value is -0.253. The van der Waals surface area contributed by atoms with E-state index in [9.17, 15) is 4.57 Å². The lowest BCUT2D eigenvalue weighted by atomic mass is 10.2. The van der Waals surface area contributed by atoms with Gasteiger partial charge in [0.15, 0.2) is 8.32 Å². The van der Waals surface area contributed by atoms with Crippen LogP contribution < -0.4 is 0 Å². The number of thioether (sulfide) groups is 1. The highest BCUT2D eigenvalue weighted by molar-refractivity contribution is 8.22. The van der Waals surface area contributed by atoms with Crippen LogP contribution in [-0.4, -0.2) is 62.6 Å². The van der Waals surface area contributed by atoms with Gasteiger partial charge in [0, 0.05) is 33.4 Å². The van der Waals surface area contributed by atoms with Crippen molar-refractivity contribution >= 4 is 44.3 Å². The minimum atomic E-state index is -3.55. The van der Waals surface area contributed by atoms with Crippen molar-refractivity contribution in [3.05, 3.63) is 35.9 Å². The van der Waals surface area contributed by atoms with E-state index < -0.39 is 21.8 Å². The Kier molecular flexibility index (Phi) is 10.7. The Morgan fingerprint density at radius 1 is 1.21 bits per heavy atom. The average molecular weight is 534 g/mol. The lowest BCUT2D eigenvalue weighted by Gasteiger charge is -2.40. The van der Waals surface area contributed by atoms with E-state index in [1.54, 1.807) is 0 Å². The van der Waals surface area contributed by atoms with E-state index in [2.05, 4.69) is 50.9 Å². The highest BCUT2D eigenvalue weighted by atomic mass is 32.2. The van der Waals surface area contributed by atoms with Crippen molar-refractivity contribution in [2.24, 2.45) is 0 Å². The van der Waals surface area contributed by atoms with Crippen molar-refractivity contribution in [1.82, 2.24) is 4.90 Å². The fraction of sp³-hybridized carbons (Fsp3) is 0.696. The Morgan fingerprint density at radius 2 is 1.82 bits per heavy atom. The number of hydrogen-bond acceptors (Lipinski definition) is 8. The summed E-state index contributed by atoms with van der Waals surface area (Å²) in [5.74, 6) is -0.811. The monoisotopic (exact) mass is 533 g/mol. The van der Waals surface area contributed by atoms with E-state index >= 15 is 0 Å². The molecule has 0 amide bonds. The van der Waals surface area contributed by atoms with Gasteiger partial charge in [-0.05, 0) is 55.0 Å². The molecule has 0 aromatic heterocycles. The fourth-order valence-corrected chi connectivity index (χ4v) is 6.82. The van der Waals surface area contributed by atoms with Gasteiger partial charge in [-0.15, -0.1) is 0 Å². The molecule has 1 unspecified atom stereocenters. The van der Waals surface area contributed by atoms with Crippen molar-refractivity contribution in [2.45, 2.75) is 76.2 Å². The normalized spacial score (nSPS) is 21.2. The Labute approximate surface area is 210 Å². The summed E-state index contributed by atoms with van der Waals surface area (Å²) in [6.07, 6.45) is 3.54. The standard InChI is InChI=1S/C23H40NO5PS2Si/c1-23(2,3)33(7,8)28-17-19-14-15-20(24(19)16-18-12-10-9-11-13-18)21(29-22(31)32-6)30(25,26-4)27-5/h9-13,19-21H,14-17H2,1-8H3/t19-,20+,21?/m0/s1. The summed E-state index contributed by atoms with van der Waals surface area (Å²) in [6.45, 7) is 12.6. The molecule has 0 saturated carbocycles. The van der Waals surface area contributed by atoms with Gasteiger partial charge in [0.1, 0.15) is 0 Å². The summed E-state index contributed by atoms with van der Waals surface area (Å²) < 4.78 is 37.3. The maximum Gasteiger partial charge on any atom is 0.371 e. The third-order valence-corrected chi connectivity index (χ3v) is 14.5. The molecule has 6 nitrogen and oxygen atoms in total. The SMILES string of the molecule is COP(=O)(OC)C(OC(=S)SC)[C@H]1CC[C@@H](CO[Si](C)(C)C(C)(C)C)N1Cc1ccccc1. The predicted octanol–water partition coefficient (Wildman–Crippen LogP) is 6.52. The largest absolute Gasteiger partial charge is 0.461 e. The predicted molar refractivity (Wildman–Crippen MR) is 145 cm³/mol. The van der Waals surface area contributed by atoms with Gasteiger partial charge in [-0.1, -0.05) is 62.9 Å². The molecule has 33 heavy (non-hydrogen) atoms. The number of rotatable bonds is 10. The lowest BCUT2D eigenvalue weighted by Crippen LogP contribution is -2.48. The molecule has 10 heteroatoms. The smallest absolute Gasteiger partial charge is 0.371 e. The maximum absolute atomic E-state index is 13.6. The van der Waals surface area contributed by atoms with Crippen LogP contribution in [0.4, 0.5) is 0 Å². The summed E-state index contributed by atoms with van der Waals surface area (Å²) in [7, 11) is -2.66. The molecule has 1 saturated heterocycles. The molecule has 2 rings (SSSR count). The van der Waals surface area contributed by atoms with Crippen molar-refractivity contribution in [3.8, 4) is 0 Å². The van der Waals surface area contributed by atoms with Crippen molar-refractivity contribution in [3.63, 3.8) is 0 Å². The number of nitrogens with zero attached hydrogens (tertiary/aromatic N) is 1. The summed E-state index contributed by atoms with van der Waals surface area (Å²) in [5, 5.41) is 0.132. The van der Waals surface area contributed by atoms with E-state index in [1.165, 1.54) is 31.5 Å². The van der Waals surface area contributed by atoms with Gasteiger partial charge >= 0.3 is 7.60 Å². The third kappa shape index (κ3) is 7.37. The van der Waals surface area contributed by atoms with Gasteiger partial charge in [-0.2, -0.15) is 0 Å². The van der Waals surface area contributed by atoms with Crippen LogP contribution >= 0.6 is 31.6 Å². The van der Waals surface area contributed by atoms with Crippen LogP contribution in [-0.2, 0) is 29.3 Å². The second-order valence-electron chi connectivity index (χ2n) is 9.90. The zero-order chi connectivity index (χ0) is 24.9. The average Bonchev–Trinajstić information content (AvgIpc) is 3.17. The molecule has 1 aromatic rings. The molecule has 3 atom stereocenters. The van der Waals surface area contributed by atoms with Gasteiger partial charge in [-0.3, -0.25) is 9.46 Å². The van der Waals surface area contributed by atoms with E-state index in [0.29, 0.717) is 17.5 Å². The number of thiocarbonyl (C=S) groups is 1. The minimum absolute atomic E-state index is 0.132. The third-order valence-electron chi connectivity index (χ3n) is 6.87. The summed E-state index contributed by atoms with van der Waals surface area (Å²) >= 11 is 6.65. The molecule has 0 aliphatic carbocycles. The zero-order valence-electron chi connectivity index (χ0n) is 21.2. The van der Waals surface area contributed by atoms with Crippen LogP contribution in [0.15, 0.2) is 30.3 Å². The zero-order valence-corrected chi connectivity index (χ0v) is 24.7. The highest BCUT2D eigenvalue weighted by Crippen LogP contribution is 2.56. The topological polar surface area (TPSA) is 57.2 Å². The molecule has 0 radical (unpaired) electrons. The Balaban J connectivity index is 2.37. The van der Waals surface area contributed by atoms with Gasteiger partial charge in [0.05, 0.1) is 6.04 Å². The number of hydrogen-bond donors (Lipinski definition) is 0. The van der Waals surface area contributed by atoms with Gasteiger partial charge < -0.3 is 18.2 Å². The quantitative estimate of drug-likeness (QED) is 0.191. The van der Waals surface area contributed by atoms with Crippen LogP contribution in [0.3, 0.4) is 0 Å². The molecular weight excluding hydrogens is 493 g/mol. The molecule has 1 aliphatic rings. The van der Waals surface area contributed by atoms with Crippen molar-refractivity contribution < 1.29 is 22.8 Å². The van der Waals surface area contributed by atoms with Crippen molar-refractivity contribution in [2.75, 3.05) is 27.1 Å². The van der Waals surface area contributed by atoms with Crippen LogP contribution in [0.5, 0.6) is 0 Å². The first-order valence-corrected chi connectivity index (χ1v) is 17.4. The maximum atomic E-state index is 13.6. The highest BCUT2D eigenvalue weighted by Gasteiger charge is 2.50. The fourth-order valence-electron chi connectivity index (χ4n) is 3.80. The molecule has 188 valence electrons. The van der Waals surface area contributed by atoms with E-state index in [4.69, 9.17) is 30.4 Å². The Bertz CT molecular complexity index is 813. The Morgan fingerprint density at radius 3 is 2.33 bits per heavy atom. The van der Waals surface area contributed by atoms with Crippen LogP contribution in [0.1, 0.15) is 39.2 Å². The molecule has 1 aliphatic heterocycles. The van der Waals surface area contributed by atoms with E-state index in [0.717, 1.165) is 12.8 Å². The van der Waals surface area contributed by atoms with E-state index in [-0.39, 0.29) is 17.1 Å². The first kappa shape index (κ1) is 29.0. The first-order chi connectivity index (χ1) is 15.4. The van der Waals surface area contributed by atoms with Gasteiger partial charge in [0.25, 0.3) is 0 Å². The van der Waals surface area contributed by atoms with E-state index in [1.807, 2.05) is 24.5 Å². The molecule has 1 fully saturated rings. The summed E-state index contributed by atoms with van der Waals surface area (Å²) in [5.41, 5.74) is 1.18. The number of ether oxygens (including phenoxy) is 1. The van der Waals surface area contributed by atoms with Crippen LogP contribution in [0, 0.1) is 0 Å². The molecule has 1 aromatic carbocycles. The lowest BCUT2D eigenvalue weighted by molar-refractivity contribution is 0.0681. The second kappa shape index (κ2) is 12.1. The molecule has 0 bridgehead atoms. The molecule has 0 spiro atoms. The summed E-state index contributed by atoms with van der Waals surface area (Å²) in [6, 6.07) is 10.3. The number of benzene rings is 1. The molecular formula is C23H40NO5PS2Si.